The van der Waals surface area contributed by atoms with E-state index >= 15 is 0 Å². The van der Waals surface area contributed by atoms with Crippen LogP contribution in [0.1, 0.15) is 76.0 Å². The summed E-state index contributed by atoms with van der Waals surface area (Å²) in [6, 6.07) is 11.7. The predicted octanol–water partition coefficient (Wildman–Crippen LogP) is 6.63. The predicted molar refractivity (Wildman–Crippen MR) is 192 cm³/mol. The van der Waals surface area contributed by atoms with E-state index < -0.39 is 15.1 Å². The smallest absolute Gasteiger partial charge is 0.234 e. The number of alkyl halides is 1. The van der Waals surface area contributed by atoms with E-state index in [2.05, 4.69) is 67.5 Å². The zero-order valence-corrected chi connectivity index (χ0v) is 30.2. The lowest BCUT2D eigenvalue weighted by atomic mass is 9.79. The molecule has 0 bridgehead atoms. The molecular formula is C34H45IN6O4S. The largest absolute Gasteiger partial charge is 0.489 e. The van der Waals surface area contributed by atoms with Crippen LogP contribution in [0.2, 0.25) is 0 Å². The highest BCUT2D eigenvalue weighted by molar-refractivity contribution is 14.1. The van der Waals surface area contributed by atoms with E-state index in [1.54, 1.807) is 38.2 Å². The van der Waals surface area contributed by atoms with Gasteiger partial charge in [0, 0.05) is 35.3 Å². The number of halogens is 1. The molecule has 2 heterocycles. The number of nitrogens with one attached hydrogen (secondary N) is 3. The van der Waals surface area contributed by atoms with Gasteiger partial charge in [-0.25, -0.2) is 13.4 Å². The highest BCUT2D eigenvalue weighted by Crippen LogP contribution is 2.41. The third kappa shape index (κ3) is 7.93. The van der Waals surface area contributed by atoms with Gasteiger partial charge in [-0.3, -0.25) is 9.69 Å². The van der Waals surface area contributed by atoms with Crippen molar-refractivity contribution in [1.29, 1.82) is 0 Å². The molecule has 1 aliphatic carbocycles. The Morgan fingerprint density at radius 2 is 1.80 bits per heavy atom. The maximum atomic E-state index is 13.1. The lowest BCUT2D eigenvalue weighted by Crippen LogP contribution is -2.52. The first-order valence-electron chi connectivity index (χ1n) is 16.1. The third-order valence-electron chi connectivity index (χ3n) is 8.77. The molecule has 3 aromatic rings. The Morgan fingerprint density at radius 3 is 2.48 bits per heavy atom. The first-order chi connectivity index (χ1) is 22.0. The van der Waals surface area contributed by atoms with E-state index in [-0.39, 0.29) is 16.9 Å². The second kappa shape index (κ2) is 14.8. The molecule has 0 spiro atoms. The molecule has 1 aliphatic heterocycles. The van der Waals surface area contributed by atoms with Gasteiger partial charge in [-0.05, 0) is 102 Å². The molecule has 0 atom stereocenters. The first kappa shape index (κ1) is 34.4. The topological polar surface area (TPSA) is 126 Å². The minimum absolute atomic E-state index is 0.0314. The fraction of sp³-hybridized carbons (Fsp3) is 0.500. The van der Waals surface area contributed by atoms with Crippen LogP contribution in [0.15, 0.2) is 47.5 Å². The lowest BCUT2D eigenvalue weighted by Gasteiger charge is -2.39. The van der Waals surface area contributed by atoms with Crippen LogP contribution < -0.4 is 20.7 Å². The van der Waals surface area contributed by atoms with Crippen molar-refractivity contribution in [3.63, 3.8) is 0 Å². The number of ether oxygens (including phenoxy) is 1. The number of sulfone groups is 1. The molecule has 3 N–H and O–H groups in total. The van der Waals surface area contributed by atoms with Gasteiger partial charge in [-0.15, -0.1) is 0 Å². The second-order valence-electron chi connectivity index (χ2n) is 12.7. The number of benzene rings is 2. The molecule has 0 radical (unpaired) electrons. The van der Waals surface area contributed by atoms with Crippen LogP contribution in [-0.4, -0.2) is 66.2 Å². The Balaban J connectivity index is 1.39. The fourth-order valence-corrected chi connectivity index (χ4v) is 8.07. The van der Waals surface area contributed by atoms with Crippen LogP contribution in [0.25, 0.3) is 0 Å². The number of piperazine rings is 1. The number of amides is 1. The number of aromatic nitrogens is 2. The molecule has 0 unspecified atom stereocenters. The van der Waals surface area contributed by atoms with E-state index in [0.717, 1.165) is 55.8 Å². The quantitative estimate of drug-likeness (QED) is 0.146. The van der Waals surface area contributed by atoms with Gasteiger partial charge in [0.05, 0.1) is 34.2 Å². The molecule has 2 fully saturated rings. The van der Waals surface area contributed by atoms with Crippen molar-refractivity contribution in [2.24, 2.45) is 0 Å². The number of carbonyl (C=O) groups excluding carboxylic acids is 1. The number of anilines is 4. The summed E-state index contributed by atoms with van der Waals surface area (Å²) in [5.74, 6) is 2.22. The van der Waals surface area contributed by atoms with Gasteiger partial charge >= 0.3 is 0 Å². The Hall–Kier alpha value is -2.97. The fourth-order valence-electron chi connectivity index (χ4n) is 6.31. The van der Waals surface area contributed by atoms with Crippen molar-refractivity contribution >= 4 is 61.5 Å². The average molecular weight is 761 g/mol. The molecule has 248 valence electrons. The molecule has 2 aliphatic rings. The molecule has 12 heteroatoms. The van der Waals surface area contributed by atoms with Crippen molar-refractivity contribution in [2.45, 2.75) is 92.9 Å². The number of nitrogens with zero attached hydrogens (tertiary/aromatic N) is 3. The van der Waals surface area contributed by atoms with Gasteiger partial charge < -0.3 is 20.7 Å². The van der Waals surface area contributed by atoms with Crippen molar-refractivity contribution in [1.82, 2.24) is 20.2 Å². The molecular weight excluding hydrogens is 715 g/mol. The average Bonchev–Trinajstić information content (AvgIpc) is 3.02. The number of hydrogen-bond acceptors (Lipinski definition) is 9. The zero-order chi connectivity index (χ0) is 33.0. The highest BCUT2D eigenvalue weighted by atomic mass is 127. The summed E-state index contributed by atoms with van der Waals surface area (Å²) >= 11 is 2.26. The zero-order valence-electron chi connectivity index (χ0n) is 27.3. The van der Waals surface area contributed by atoms with Crippen molar-refractivity contribution < 1.29 is 17.9 Å². The van der Waals surface area contributed by atoms with Crippen molar-refractivity contribution in [2.75, 3.05) is 30.3 Å². The maximum Gasteiger partial charge on any atom is 0.234 e. The Bertz CT molecular complexity index is 1660. The Kier molecular flexibility index (Phi) is 11.1. The molecule has 46 heavy (non-hydrogen) atoms. The molecule has 1 saturated heterocycles. The van der Waals surface area contributed by atoms with Gasteiger partial charge in [0.25, 0.3) is 0 Å². The standard InChI is InChI=1S/C34H45IN6O4S/c1-21(2)45-30-17-27(24-10-12-26(13-11-24)41-15-14-36-32(42)20-41)23(5)16-29(30)39-34-37-19-25(18-35)33(40-34)38-28-8-6-7-9-31(28)46(43,44)22(3)4/h6-9,16-17,19,21-22,24,26H,10-15,18,20H2,1-5H3,(H,36,42)(H2,37,38,39,40). The molecule has 1 saturated carbocycles. The normalized spacial score (nSPS) is 19.3. The van der Waals surface area contributed by atoms with Gasteiger partial charge in [-0.2, -0.15) is 4.98 Å². The number of hydrogen-bond donors (Lipinski definition) is 3. The van der Waals surface area contributed by atoms with E-state index in [1.165, 1.54) is 11.1 Å². The molecule has 2 aromatic carbocycles. The van der Waals surface area contributed by atoms with E-state index in [1.807, 2.05) is 19.9 Å². The van der Waals surface area contributed by atoms with Gasteiger partial charge in [-0.1, -0.05) is 34.7 Å². The van der Waals surface area contributed by atoms with Crippen molar-refractivity contribution in [3.8, 4) is 5.75 Å². The molecule has 10 nitrogen and oxygen atoms in total. The number of para-hydroxylation sites is 1. The van der Waals surface area contributed by atoms with Crippen LogP contribution in [0, 0.1) is 6.92 Å². The number of carbonyl (C=O) groups is 1. The van der Waals surface area contributed by atoms with Crippen LogP contribution in [0.4, 0.5) is 23.1 Å². The van der Waals surface area contributed by atoms with Crippen molar-refractivity contribution in [3.05, 3.63) is 59.3 Å². The molecule has 1 amide bonds. The van der Waals surface area contributed by atoms with Gasteiger partial charge in [0.2, 0.25) is 11.9 Å². The Morgan fingerprint density at radius 1 is 1.07 bits per heavy atom. The second-order valence-corrected chi connectivity index (χ2v) is 16.0. The van der Waals surface area contributed by atoms with Gasteiger partial charge in [0.15, 0.2) is 9.84 Å². The maximum absolute atomic E-state index is 13.1. The van der Waals surface area contributed by atoms with Crippen LogP contribution >= 0.6 is 22.6 Å². The van der Waals surface area contributed by atoms with Crippen LogP contribution in [0.5, 0.6) is 5.75 Å². The lowest BCUT2D eigenvalue weighted by molar-refractivity contribution is -0.125. The SMILES string of the molecule is Cc1cc(Nc2ncc(CI)c(Nc3ccccc3S(=O)(=O)C(C)C)n2)c(OC(C)C)cc1C1CCC(N2CCNC(=O)C2)CC1. The Labute approximate surface area is 286 Å². The van der Waals surface area contributed by atoms with Gasteiger partial charge in [0.1, 0.15) is 11.6 Å². The van der Waals surface area contributed by atoms with Crippen LogP contribution in [0.3, 0.4) is 0 Å². The molecule has 5 rings (SSSR count). The summed E-state index contributed by atoms with van der Waals surface area (Å²) in [4.78, 5) is 23.9. The minimum Gasteiger partial charge on any atom is -0.489 e. The number of aryl methyl sites for hydroxylation is 1. The van der Waals surface area contributed by atoms with E-state index in [9.17, 15) is 13.2 Å². The summed E-state index contributed by atoms with van der Waals surface area (Å²) in [6.45, 7) is 11.7. The summed E-state index contributed by atoms with van der Waals surface area (Å²) in [5.41, 5.74) is 4.58. The van der Waals surface area contributed by atoms with Crippen LogP contribution in [-0.2, 0) is 19.1 Å². The summed E-state index contributed by atoms with van der Waals surface area (Å²) in [5, 5.41) is 9.06. The number of rotatable bonds is 11. The summed E-state index contributed by atoms with van der Waals surface area (Å²) < 4.78 is 33.1. The third-order valence-corrected chi connectivity index (χ3v) is 11.8. The first-order valence-corrected chi connectivity index (χ1v) is 19.1. The monoisotopic (exact) mass is 760 g/mol. The van der Waals surface area contributed by atoms with E-state index in [0.29, 0.717) is 40.4 Å². The minimum atomic E-state index is -3.51. The highest BCUT2D eigenvalue weighted by Gasteiger charge is 2.30. The molecule has 1 aromatic heterocycles. The van der Waals surface area contributed by atoms with E-state index in [4.69, 9.17) is 9.72 Å². The summed E-state index contributed by atoms with van der Waals surface area (Å²) in [6.07, 6.45) is 6.02. The summed E-state index contributed by atoms with van der Waals surface area (Å²) in [7, 11) is -3.51.